The maximum Gasteiger partial charge on any atom is 0.139 e. The van der Waals surface area contributed by atoms with Crippen molar-refractivity contribution in [2.24, 2.45) is 0 Å². The third-order valence-electron chi connectivity index (χ3n) is 2.01. The molecule has 0 heterocycles. The fourth-order valence-electron chi connectivity index (χ4n) is 1.24. The van der Waals surface area contributed by atoms with E-state index in [4.69, 9.17) is 5.73 Å². The highest BCUT2D eigenvalue weighted by Gasteiger charge is 2.04. The molecule has 76 valence electrons. The highest BCUT2D eigenvalue weighted by atomic mass is 32.2. The molecule has 0 aliphatic heterocycles. The van der Waals surface area contributed by atoms with E-state index in [1.54, 1.807) is 23.9 Å². The molecule has 0 aliphatic rings. The molecule has 0 saturated heterocycles. The molecule has 2 aromatic rings. The van der Waals surface area contributed by atoms with Gasteiger partial charge in [0.05, 0.1) is 5.69 Å². The van der Waals surface area contributed by atoms with E-state index >= 15 is 0 Å². The second-order valence-corrected chi connectivity index (χ2v) is 4.22. The monoisotopic (exact) mass is 217 g/mol. The summed E-state index contributed by atoms with van der Waals surface area (Å²) in [6, 6.07) is 15.2. The summed E-state index contributed by atoms with van der Waals surface area (Å²) >= 11 is 1.54. The van der Waals surface area contributed by atoms with E-state index in [0.717, 1.165) is 9.79 Å². The van der Waals surface area contributed by atoms with Crippen molar-refractivity contribution in [1.29, 1.82) is 0 Å². The van der Waals surface area contributed by atoms with Gasteiger partial charge in [-0.1, -0.05) is 36.0 Å². The summed E-state index contributed by atoms with van der Waals surface area (Å²) < 4.78 is 0. The summed E-state index contributed by atoms with van der Waals surface area (Å²) in [6.45, 7) is 0. The molecule has 15 heavy (non-hydrogen) atoms. The van der Waals surface area contributed by atoms with Crippen LogP contribution >= 0.6 is 11.8 Å². The SMILES string of the molecule is Nc1c(O)cccc1Sc1ccccc1. The van der Waals surface area contributed by atoms with Gasteiger partial charge >= 0.3 is 0 Å². The number of rotatable bonds is 2. The van der Waals surface area contributed by atoms with Gasteiger partial charge in [-0.2, -0.15) is 0 Å². The van der Waals surface area contributed by atoms with Crippen LogP contribution in [0, 0.1) is 0 Å². The summed E-state index contributed by atoms with van der Waals surface area (Å²) in [4.78, 5) is 1.98. The summed E-state index contributed by atoms with van der Waals surface area (Å²) in [5.41, 5.74) is 6.20. The zero-order valence-corrected chi connectivity index (χ0v) is 8.87. The number of nitrogen functional groups attached to an aromatic ring is 1. The molecule has 3 heteroatoms. The van der Waals surface area contributed by atoms with Crippen molar-refractivity contribution in [3.63, 3.8) is 0 Å². The van der Waals surface area contributed by atoms with E-state index in [-0.39, 0.29) is 5.75 Å². The minimum atomic E-state index is 0.135. The van der Waals surface area contributed by atoms with Crippen LogP contribution in [0.15, 0.2) is 58.3 Å². The Hall–Kier alpha value is -1.61. The van der Waals surface area contributed by atoms with E-state index in [2.05, 4.69) is 0 Å². The quantitative estimate of drug-likeness (QED) is 0.600. The normalized spacial score (nSPS) is 10.1. The van der Waals surface area contributed by atoms with Crippen LogP contribution in [0.3, 0.4) is 0 Å². The molecule has 0 unspecified atom stereocenters. The number of hydrogen-bond donors (Lipinski definition) is 2. The van der Waals surface area contributed by atoms with Crippen LogP contribution in [0.25, 0.3) is 0 Å². The van der Waals surface area contributed by atoms with E-state index in [9.17, 15) is 5.11 Å². The van der Waals surface area contributed by atoms with Crippen LogP contribution in [0.5, 0.6) is 5.75 Å². The largest absolute Gasteiger partial charge is 0.506 e. The van der Waals surface area contributed by atoms with Crippen LogP contribution in [0.1, 0.15) is 0 Å². The van der Waals surface area contributed by atoms with Gasteiger partial charge in [0.25, 0.3) is 0 Å². The Morgan fingerprint density at radius 1 is 0.933 bits per heavy atom. The van der Waals surface area contributed by atoms with Gasteiger partial charge in [-0.3, -0.25) is 0 Å². The number of para-hydroxylation sites is 1. The highest BCUT2D eigenvalue weighted by Crippen LogP contribution is 2.35. The first-order chi connectivity index (χ1) is 7.27. The lowest BCUT2D eigenvalue weighted by Crippen LogP contribution is -1.88. The van der Waals surface area contributed by atoms with Crippen molar-refractivity contribution >= 4 is 17.4 Å². The number of benzene rings is 2. The molecule has 2 rings (SSSR count). The van der Waals surface area contributed by atoms with Crippen LogP contribution in [-0.2, 0) is 0 Å². The summed E-state index contributed by atoms with van der Waals surface area (Å²) in [5.74, 6) is 0.135. The maximum atomic E-state index is 9.44. The first-order valence-corrected chi connectivity index (χ1v) is 5.39. The first-order valence-electron chi connectivity index (χ1n) is 4.58. The van der Waals surface area contributed by atoms with E-state index < -0.39 is 0 Å². The summed E-state index contributed by atoms with van der Waals surface area (Å²) in [6.07, 6.45) is 0. The van der Waals surface area contributed by atoms with Crippen molar-refractivity contribution in [2.45, 2.75) is 9.79 Å². The van der Waals surface area contributed by atoms with Gasteiger partial charge in [0.1, 0.15) is 5.75 Å². The Bertz CT molecular complexity index is 456. The van der Waals surface area contributed by atoms with Gasteiger partial charge in [-0.25, -0.2) is 0 Å². The molecule has 0 radical (unpaired) electrons. The smallest absolute Gasteiger partial charge is 0.139 e. The molecule has 0 aliphatic carbocycles. The Kier molecular flexibility index (Phi) is 2.83. The molecule has 0 amide bonds. The number of anilines is 1. The van der Waals surface area contributed by atoms with Gasteiger partial charge in [-0.15, -0.1) is 0 Å². The van der Waals surface area contributed by atoms with Gasteiger partial charge < -0.3 is 10.8 Å². The Balaban J connectivity index is 2.29. The Morgan fingerprint density at radius 2 is 1.67 bits per heavy atom. The maximum absolute atomic E-state index is 9.44. The number of nitrogens with two attached hydrogens (primary N) is 1. The first kappa shape index (κ1) is 9.93. The lowest BCUT2D eigenvalue weighted by atomic mass is 10.3. The standard InChI is InChI=1S/C12H11NOS/c13-12-10(14)7-4-8-11(12)15-9-5-2-1-3-6-9/h1-8,14H,13H2. The molecule has 0 atom stereocenters. The average Bonchev–Trinajstić information content (AvgIpc) is 2.26. The summed E-state index contributed by atoms with van der Waals surface area (Å²) in [7, 11) is 0. The van der Waals surface area contributed by atoms with E-state index in [1.807, 2.05) is 36.4 Å². The van der Waals surface area contributed by atoms with Crippen molar-refractivity contribution in [1.82, 2.24) is 0 Å². The molecule has 0 fully saturated rings. The van der Waals surface area contributed by atoms with Gasteiger partial charge in [0, 0.05) is 9.79 Å². The third kappa shape index (κ3) is 2.25. The van der Waals surface area contributed by atoms with E-state index in [1.165, 1.54) is 0 Å². The zero-order chi connectivity index (χ0) is 10.7. The molecule has 0 aromatic heterocycles. The molecule has 0 spiro atoms. The number of hydrogen-bond acceptors (Lipinski definition) is 3. The van der Waals surface area contributed by atoms with Crippen molar-refractivity contribution in [3.8, 4) is 5.75 Å². The molecule has 0 bridgehead atoms. The lowest BCUT2D eigenvalue weighted by Gasteiger charge is -2.06. The number of aromatic hydroxyl groups is 1. The molecular weight excluding hydrogens is 206 g/mol. The molecule has 0 saturated carbocycles. The second kappa shape index (κ2) is 4.28. The minimum absolute atomic E-state index is 0.135. The lowest BCUT2D eigenvalue weighted by molar-refractivity contribution is 0.477. The number of phenolic OH excluding ortho intramolecular Hbond substituents is 1. The van der Waals surface area contributed by atoms with Crippen molar-refractivity contribution < 1.29 is 5.11 Å². The summed E-state index contributed by atoms with van der Waals surface area (Å²) in [5, 5.41) is 9.44. The predicted molar refractivity (Wildman–Crippen MR) is 63.1 cm³/mol. The van der Waals surface area contributed by atoms with Crippen molar-refractivity contribution in [2.75, 3.05) is 5.73 Å². The molecule has 2 nitrogen and oxygen atoms in total. The van der Waals surface area contributed by atoms with Crippen molar-refractivity contribution in [3.05, 3.63) is 48.5 Å². The van der Waals surface area contributed by atoms with Gasteiger partial charge in [0.15, 0.2) is 0 Å². The molecular formula is C12H11NOS. The average molecular weight is 217 g/mol. The van der Waals surface area contributed by atoms with Crippen LogP contribution in [-0.4, -0.2) is 5.11 Å². The van der Waals surface area contributed by atoms with E-state index in [0.29, 0.717) is 5.69 Å². The zero-order valence-electron chi connectivity index (χ0n) is 8.05. The van der Waals surface area contributed by atoms with Crippen LogP contribution in [0.2, 0.25) is 0 Å². The fraction of sp³-hybridized carbons (Fsp3) is 0. The second-order valence-electron chi connectivity index (χ2n) is 3.10. The fourth-order valence-corrected chi connectivity index (χ4v) is 2.15. The van der Waals surface area contributed by atoms with Gasteiger partial charge in [0.2, 0.25) is 0 Å². The predicted octanol–water partition coefficient (Wildman–Crippen LogP) is 3.13. The minimum Gasteiger partial charge on any atom is -0.506 e. The third-order valence-corrected chi connectivity index (χ3v) is 3.10. The Morgan fingerprint density at radius 3 is 2.40 bits per heavy atom. The van der Waals surface area contributed by atoms with Crippen LogP contribution < -0.4 is 5.73 Å². The van der Waals surface area contributed by atoms with Crippen LogP contribution in [0.4, 0.5) is 5.69 Å². The number of phenols is 1. The molecule has 2 aromatic carbocycles. The molecule has 3 N–H and O–H groups in total. The topological polar surface area (TPSA) is 46.2 Å². The highest BCUT2D eigenvalue weighted by molar-refractivity contribution is 7.99. The Labute approximate surface area is 92.7 Å². The van der Waals surface area contributed by atoms with Gasteiger partial charge in [-0.05, 0) is 24.3 Å².